The van der Waals surface area contributed by atoms with Gasteiger partial charge >= 0.3 is 0 Å². The van der Waals surface area contributed by atoms with Crippen LogP contribution in [0.25, 0.3) is 0 Å². The SMILES string of the molecule is NC(=O)CNCCc1ccccc1F. The highest BCUT2D eigenvalue weighted by molar-refractivity contribution is 5.75. The van der Waals surface area contributed by atoms with E-state index < -0.39 is 5.91 Å². The largest absolute Gasteiger partial charge is 0.369 e. The Labute approximate surface area is 82.1 Å². The third-order valence-electron chi connectivity index (χ3n) is 1.83. The first-order valence-electron chi connectivity index (χ1n) is 4.42. The third kappa shape index (κ3) is 3.53. The summed E-state index contributed by atoms with van der Waals surface area (Å²) in [4.78, 5) is 10.4. The van der Waals surface area contributed by atoms with E-state index in [-0.39, 0.29) is 12.4 Å². The number of benzene rings is 1. The van der Waals surface area contributed by atoms with Crippen molar-refractivity contribution in [1.82, 2.24) is 5.32 Å². The van der Waals surface area contributed by atoms with E-state index in [2.05, 4.69) is 5.32 Å². The molecular formula is C10H13FN2O. The van der Waals surface area contributed by atoms with Gasteiger partial charge in [0.05, 0.1) is 6.54 Å². The van der Waals surface area contributed by atoms with Gasteiger partial charge in [-0.3, -0.25) is 4.79 Å². The standard InChI is InChI=1S/C10H13FN2O/c11-9-4-2-1-3-8(9)5-6-13-7-10(12)14/h1-4,13H,5-7H2,(H2,12,14). The maximum Gasteiger partial charge on any atom is 0.231 e. The summed E-state index contributed by atoms with van der Waals surface area (Å²) in [6.45, 7) is 0.679. The van der Waals surface area contributed by atoms with Crippen molar-refractivity contribution < 1.29 is 9.18 Å². The first-order valence-corrected chi connectivity index (χ1v) is 4.42. The molecule has 3 N–H and O–H groups in total. The number of primary amides is 1. The van der Waals surface area contributed by atoms with E-state index in [1.807, 2.05) is 0 Å². The van der Waals surface area contributed by atoms with E-state index in [0.717, 1.165) is 0 Å². The van der Waals surface area contributed by atoms with Gasteiger partial charge in [0.1, 0.15) is 5.82 Å². The Kier molecular flexibility index (Phi) is 4.07. The summed E-state index contributed by atoms with van der Waals surface area (Å²) >= 11 is 0. The van der Waals surface area contributed by atoms with Crippen LogP contribution in [0.1, 0.15) is 5.56 Å². The number of amides is 1. The molecule has 0 aliphatic carbocycles. The number of carbonyl (C=O) groups excluding carboxylic acids is 1. The van der Waals surface area contributed by atoms with E-state index in [1.54, 1.807) is 18.2 Å². The molecule has 0 bridgehead atoms. The minimum absolute atomic E-state index is 0.133. The minimum atomic E-state index is -0.404. The van der Waals surface area contributed by atoms with E-state index in [0.29, 0.717) is 18.5 Å². The highest BCUT2D eigenvalue weighted by atomic mass is 19.1. The van der Waals surface area contributed by atoms with E-state index in [1.165, 1.54) is 6.07 Å². The zero-order valence-corrected chi connectivity index (χ0v) is 7.79. The average molecular weight is 196 g/mol. The Bertz CT molecular complexity index is 315. The van der Waals surface area contributed by atoms with Crippen LogP contribution in [0.3, 0.4) is 0 Å². The second kappa shape index (κ2) is 5.34. The van der Waals surface area contributed by atoms with Crippen LogP contribution in [-0.4, -0.2) is 19.0 Å². The topological polar surface area (TPSA) is 55.1 Å². The summed E-state index contributed by atoms with van der Waals surface area (Å²) in [5.41, 5.74) is 5.57. The number of halogens is 1. The fourth-order valence-corrected chi connectivity index (χ4v) is 1.14. The smallest absolute Gasteiger partial charge is 0.231 e. The van der Waals surface area contributed by atoms with Crippen molar-refractivity contribution in [3.63, 3.8) is 0 Å². The van der Waals surface area contributed by atoms with Gasteiger partial charge in [-0.05, 0) is 24.6 Å². The molecule has 0 aliphatic heterocycles. The van der Waals surface area contributed by atoms with Gasteiger partial charge in [0.2, 0.25) is 5.91 Å². The molecule has 0 fully saturated rings. The molecule has 3 nitrogen and oxygen atoms in total. The normalized spacial score (nSPS) is 10.1. The summed E-state index contributed by atoms with van der Waals surface area (Å²) < 4.78 is 13.1. The molecular weight excluding hydrogens is 183 g/mol. The molecule has 0 saturated carbocycles. The Hall–Kier alpha value is -1.42. The number of nitrogens with two attached hydrogens (primary N) is 1. The Morgan fingerprint density at radius 2 is 2.14 bits per heavy atom. The van der Waals surface area contributed by atoms with Gasteiger partial charge in [-0.25, -0.2) is 4.39 Å². The van der Waals surface area contributed by atoms with Crippen LogP contribution in [0.5, 0.6) is 0 Å². The van der Waals surface area contributed by atoms with Crippen LogP contribution in [-0.2, 0) is 11.2 Å². The highest BCUT2D eigenvalue weighted by Gasteiger charge is 1.99. The average Bonchev–Trinajstić information content (AvgIpc) is 2.15. The lowest BCUT2D eigenvalue weighted by molar-refractivity contribution is -0.117. The van der Waals surface area contributed by atoms with Crippen LogP contribution in [0.4, 0.5) is 4.39 Å². The lowest BCUT2D eigenvalue weighted by atomic mass is 10.1. The molecule has 1 amide bonds. The molecule has 0 aliphatic rings. The maximum atomic E-state index is 13.1. The molecule has 1 rings (SSSR count). The molecule has 0 saturated heterocycles. The first-order chi connectivity index (χ1) is 6.70. The molecule has 0 unspecified atom stereocenters. The van der Waals surface area contributed by atoms with Gasteiger partial charge in [0.25, 0.3) is 0 Å². The molecule has 0 aromatic heterocycles. The molecule has 0 atom stereocenters. The van der Waals surface area contributed by atoms with Gasteiger partial charge < -0.3 is 11.1 Å². The lowest BCUT2D eigenvalue weighted by Gasteiger charge is -2.03. The molecule has 1 aromatic carbocycles. The minimum Gasteiger partial charge on any atom is -0.369 e. The number of hydrogen-bond donors (Lipinski definition) is 2. The maximum absolute atomic E-state index is 13.1. The fourth-order valence-electron chi connectivity index (χ4n) is 1.14. The van der Waals surface area contributed by atoms with Gasteiger partial charge in [0, 0.05) is 0 Å². The number of hydrogen-bond acceptors (Lipinski definition) is 2. The Morgan fingerprint density at radius 3 is 2.79 bits per heavy atom. The zero-order chi connectivity index (χ0) is 10.4. The lowest BCUT2D eigenvalue weighted by Crippen LogP contribution is -2.30. The molecule has 0 spiro atoms. The van der Waals surface area contributed by atoms with Crippen molar-refractivity contribution in [2.24, 2.45) is 5.73 Å². The van der Waals surface area contributed by atoms with Crippen molar-refractivity contribution in [2.45, 2.75) is 6.42 Å². The van der Waals surface area contributed by atoms with Crippen molar-refractivity contribution in [1.29, 1.82) is 0 Å². The molecule has 0 radical (unpaired) electrons. The molecule has 1 aromatic rings. The second-order valence-corrected chi connectivity index (χ2v) is 2.98. The van der Waals surface area contributed by atoms with Crippen LogP contribution < -0.4 is 11.1 Å². The van der Waals surface area contributed by atoms with E-state index in [9.17, 15) is 9.18 Å². The predicted molar refractivity (Wildman–Crippen MR) is 52.2 cm³/mol. The predicted octanol–water partition coefficient (Wildman–Crippen LogP) is 0.443. The van der Waals surface area contributed by atoms with Crippen molar-refractivity contribution in [2.75, 3.05) is 13.1 Å². The van der Waals surface area contributed by atoms with Gasteiger partial charge in [-0.15, -0.1) is 0 Å². The Morgan fingerprint density at radius 1 is 1.43 bits per heavy atom. The second-order valence-electron chi connectivity index (χ2n) is 2.98. The van der Waals surface area contributed by atoms with Crippen molar-refractivity contribution in [3.05, 3.63) is 35.6 Å². The molecule has 4 heteroatoms. The van der Waals surface area contributed by atoms with Crippen LogP contribution in [0.2, 0.25) is 0 Å². The number of rotatable bonds is 5. The molecule has 76 valence electrons. The van der Waals surface area contributed by atoms with E-state index in [4.69, 9.17) is 5.73 Å². The Balaban J connectivity index is 2.31. The molecule has 14 heavy (non-hydrogen) atoms. The van der Waals surface area contributed by atoms with Crippen molar-refractivity contribution in [3.8, 4) is 0 Å². The summed E-state index contributed by atoms with van der Waals surface area (Å²) in [6, 6.07) is 6.58. The van der Waals surface area contributed by atoms with Gasteiger partial charge in [0.15, 0.2) is 0 Å². The summed E-state index contributed by atoms with van der Waals surface area (Å²) in [5.74, 6) is -0.619. The van der Waals surface area contributed by atoms with Crippen LogP contribution in [0.15, 0.2) is 24.3 Å². The summed E-state index contributed by atoms with van der Waals surface area (Å²) in [6.07, 6.45) is 0.556. The van der Waals surface area contributed by atoms with Crippen LogP contribution in [0, 0.1) is 5.82 Å². The van der Waals surface area contributed by atoms with Gasteiger partial charge in [-0.2, -0.15) is 0 Å². The zero-order valence-electron chi connectivity index (χ0n) is 7.79. The van der Waals surface area contributed by atoms with Crippen molar-refractivity contribution >= 4 is 5.91 Å². The quantitative estimate of drug-likeness (QED) is 0.671. The highest BCUT2D eigenvalue weighted by Crippen LogP contribution is 2.05. The van der Waals surface area contributed by atoms with Crippen LogP contribution >= 0.6 is 0 Å². The summed E-state index contributed by atoms with van der Waals surface area (Å²) in [5, 5.41) is 2.82. The monoisotopic (exact) mass is 196 g/mol. The fraction of sp³-hybridized carbons (Fsp3) is 0.300. The van der Waals surface area contributed by atoms with Gasteiger partial charge in [-0.1, -0.05) is 18.2 Å². The first kappa shape index (κ1) is 10.7. The summed E-state index contributed by atoms with van der Waals surface area (Å²) in [7, 11) is 0. The third-order valence-corrected chi connectivity index (χ3v) is 1.83. The molecule has 0 heterocycles. The van der Waals surface area contributed by atoms with E-state index >= 15 is 0 Å². The number of nitrogens with one attached hydrogen (secondary N) is 1. The number of carbonyl (C=O) groups is 1.